The summed E-state index contributed by atoms with van der Waals surface area (Å²) in [6.45, 7) is 11.3. The largest absolute Gasteiger partial charge is 0.444 e. The van der Waals surface area contributed by atoms with E-state index in [-0.39, 0.29) is 12.1 Å². The van der Waals surface area contributed by atoms with Crippen molar-refractivity contribution in [2.75, 3.05) is 20.1 Å². The zero-order chi connectivity index (χ0) is 17.5. The highest BCUT2D eigenvalue weighted by molar-refractivity contribution is 5.67. The van der Waals surface area contributed by atoms with E-state index in [1.165, 1.54) is 17.5 Å². The average Bonchev–Trinajstić information content (AvgIpc) is 2.46. The van der Waals surface area contributed by atoms with E-state index in [0.717, 1.165) is 13.0 Å². The van der Waals surface area contributed by atoms with Crippen molar-refractivity contribution in [3.8, 4) is 0 Å². The monoisotopic (exact) mass is 320 g/mol. The summed E-state index contributed by atoms with van der Waals surface area (Å²) in [5, 5.41) is 3.45. The van der Waals surface area contributed by atoms with E-state index in [1.807, 2.05) is 20.8 Å². The third-order valence-electron chi connectivity index (χ3n) is 3.62. The van der Waals surface area contributed by atoms with Crippen LogP contribution in [0.5, 0.6) is 0 Å². The molecule has 0 saturated heterocycles. The molecule has 1 aromatic rings. The lowest BCUT2D eigenvalue weighted by molar-refractivity contribution is 0.0299. The molecular formula is C19H32N2O2. The second-order valence-electron chi connectivity index (χ2n) is 7.07. The smallest absolute Gasteiger partial charge is 0.410 e. The fourth-order valence-electron chi connectivity index (χ4n) is 2.26. The molecule has 1 atom stereocenters. The second kappa shape index (κ2) is 8.92. The number of hydrogen-bond donors (Lipinski definition) is 1. The maximum absolute atomic E-state index is 11.9. The summed E-state index contributed by atoms with van der Waals surface area (Å²) in [6, 6.07) is 9.02. The minimum Gasteiger partial charge on any atom is -0.444 e. The number of carbonyl (C=O) groups is 1. The molecule has 4 heteroatoms. The fraction of sp³-hybridized carbons (Fsp3) is 0.632. The van der Waals surface area contributed by atoms with Gasteiger partial charge in [0.15, 0.2) is 0 Å². The van der Waals surface area contributed by atoms with Crippen molar-refractivity contribution in [1.82, 2.24) is 10.2 Å². The van der Waals surface area contributed by atoms with Crippen LogP contribution >= 0.6 is 0 Å². The number of likely N-dealkylation sites (N-methyl/N-ethyl adjacent to an activating group) is 1. The average molecular weight is 320 g/mol. The maximum atomic E-state index is 11.9. The molecule has 0 saturated carbocycles. The normalized spacial score (nSPS) is 12.8. The molecule has 1 aromatic carbocycles. The Hall–Kier alpha value is -1.55. The van der Waals surface area contributed by atoms with Gasteiger partial charge in [0, 0.05) is 26.2 Å². The Kier molecular flexibility index (Phi) is 7.56. The van der Waals surface area contributed by atoms with Gasteiger partial charge in [-0.05, 0) is 45.2 Å². The van der Waals surface area contributed by atoms with E-state index < -0.39 is 5.60 Å². The number of nitrogens with zero attached hydrogens (tertiary/aromatic N) is 1. The van der Waals surface area contributed by atoms with Gasteiger partial charge in [-0.15, -0.1) is 0 Å². The van der Waals surface area contributed by atoms with Crippen LogP contribution in [0.25, 0.3) is 0 Å². The lowest BCUT2D eigenvalue weighted by Gasteiger charge is -2.25. The Labute approximate surface area is 141 Å². The van der Waals surface area contributed by atoms with E-state index in [4.69, 9.17) is 4.74 Å². The number of benzene rings is 1. The molecule has 23 heavy (non-hydrogen) atoms. The van der Waals surface area contributed by atoms with Gasteiger partial charge in [-0.2, -0.15) is 0 Å². The Morgan fingerprint density at radius 3 is 2.39 bits per heavy atom. The molecule has 1 rings (SSSR count). The van der Waals surface area contributed by atoms with Crippen molar-refractivity contribution in [3.05, 3.63) is 35.4 Å². The summed E-state index contributed by atoms with van der Waals surface area (Å²) < 4.78 is 5.34. The highest BCUT2D eigenvalue weighted by Gasteiger charge is 2.19. The molecule has 0 aliphatic rings. The molecule has 0 aromatic heterocycles. The SMILES string of the molecule is CCCc1ccc(C(C)NCCN(C)C(=O)OC(C)(C)C)cc1. The molecule has 0 spiro atoms. The topological polar surface area (TPSA) is 41.6 Å². The Balaban J connectivity index is 2.38. The quantitative estimate of drug-likeness (QED) is 0.820. The summed E-state index contributed by atoms with van der Waals surface area (Å²) >= 11 is 0. The van der Waals surface area contributed by atoms with Gasteiger partial charge in [0.25, 0.3) is 0 Å². The molecule has 1 amide bonds. The van der Waals surface area contributed by atoms with Crippen LogP contribution < -0.4 is 5.32 Å². The van der Waals surface area contributed by atoms with Crippen LogP contribution in [0.1, 0.15) is 58.2 Å². The van der Waals surface area contributed by atoms with Gasteiger partial charge in [-0.3, -0.25) is 0 Å². The first-order chi connectivity index (χ1) is 10.7. The number of nitrogens with one attached hydrogen (secondary N) is 1. The van der Waals surface area contributed by atoms with Crippen LogP contribution in [0, 0.1) is 0 Å². The standard InChI is InChI=1S/C19H32N2O2/c1-7-8-16-9-11-17(12-10-16)15(2)20-13-14-21(6)18(22)23-19(3,4)5/h9-12,15,20H,7-8,13-14H2,1-6H3. The van der Waals surface area contributed by atoms with Crippen molar-refractivity contribution < 1.29 is 9.53 Å². The van der Waals surface area contributed by atoms with E-state index in [2.05, 4.69) is 43.4 Å². The third-order valence-corrected chi connectivity index (χ3v) is 3.62. The summed E-state index contributed by atoms with van der Waals surface area (Å²) in [6.07, 6.45) is 2.02. The number of carbonyl (C=O) groups excluding carboxylic acids is 1. The predicted octanol–water partition coefficient (Wildman–Crippen LogP) is 4.16. The van der Waals surface area contributed by atoms with Crippen LogP contribution in [0.3, 0.4) is 0 Å². The van der Waals surface area contributed by atoms with Crippen molar-refractivity contribution >= 4 is 6.09 Å². The molecule has 1 unspecified atom stereocenters. The van der Waals surface area contributed by atoms with Crippen molar-refractivity contribution in [1.29, 1.82) is 0 Å². The Morgan fingerprint density at radius 1 is 1.26 bits per heavy atom. The lowest BCUT2D eigenvalue weighted by atomic mass is 10.0. The highest BCUT2D eigenvalue weighted by Crippen LogP contribution is 2.14. The number of amides is 1. The van der Waals surface area contributed by atoms with Crippen molar-refractivity contribution in [2.24, 2.45) is 0 Å². The zero-order valence-electron chi connectivity index (χ0n) is 15.5. The molecule has 0 radical (unpaired) electrons. The molecule has 0 bridgehead atoms. The molecule has 4 nitrogen and oxygen atoms in total. The summed E-state index contributed by atoms with van der Waals surface area (Å²) in [7, 11) is 1.76. The molecule has 0 aliphatic carbocycles. The van der Waals surface area contributed by atoms with Gasteiger partial charge in [0.2, 0.25) is 0 Å². The first-order valence-corrected chi connectivity index (χ1v) is 8.49. The van der Waals surface area contributed by atoms with Crippen molar-refractivity contribution in [3.63, 3.8) is 0 Å². The summed E-state index contributed by atoms with van der Waals surface area (Å²) in [5.41, 5.74) is 2.20. The second-order valence-corrected chi connectivity index (χ2v) is 7.07. The summed E-state index contributed by atoms with van der Waals surface area (Å²) in [5.74, 6) is 0. The van der Waals surface area contributed by atoms with E-state index >= 15 is 0 Å². The van der Waals surface area contributed by atoms with E-state index in [9.17, 15) is 4.79 Å². The number of ether oxygens (including phenoxy) is 1. The molecular weight excluding hydrogens is 288 g/mol. The molecule has 1 N–H and O–H groups in total. The molecule has 130 valence electrons. The molecule has 0 heterocycles. The molecule has 0 fully saturated rings. The molecule has 0 aliphatic heterocycles. The minimum atomic E-state index is -0.452. The van der Waals surface area contributed by atoms with Crippen LogP contribution in [0.15, 0.2) is 24.3 Å². The number of rotatable bonds is 7. The van der Waals surface area contributed by atoms with E-state index in [1.54, 1.807) is 11.9 Å². The van der Waals surface area contributed by atoms with Crippen LogP contribution in [-0.2, 0) is 11.2 Å². The third kappa shape index (κ3) is 7.51. The Bertz CT molecular complexity index is 477. The van der Waals surface area contributed by atoms with Gasteiger partial charge in [0.05, 0.1) is 0 Å². The maximum Gasteiger partial charge on any atom is 0.410 e. The predicted molar refractivity (Wildman–Crippen MR) is 95.7 cm³/mol. The minimum absolute atomic E-state index is 0.262. The summed E-state index contributed by atoms with van der Waals surface area (Å²) in [4.78, 5) is 13.5. The number of hydrogen-bond acceptors (Lipinski definition) is 3. The van der Waals surface area contributed by atoms with Crippen LogP contribution in [0.4, 0.5) is 4.79 Å². The van der Waals surface area contributed by atoms with Gasteiger partial charge in [-0.1, -0.05) is 37.6 Å². The lowest BCUT2D eigenvalue weighted by Crippen LogP contribution is -2.38. The van der Waals surface area contributed by atoms with Crippen molar-refractivity contribution in [2.45, 2.75) is 59.1 Å². The number of aryl methyl sites for hydroxylation is 1. The van der Waals surface area contributed by atoms with E-state index in [0.29, 0.717) is 6.54 Å². The van der Waals surface area contributed by atoms with Gasteiger partial charge in [-0.25, -0.2) is 4.79 Å². The van der Waals surface area contributed by atoms with Gasteiger partial charge >= 0.3 is 6.09 Å². The van der Waals surface area contributed by atoms with Gasteiger partial charge < -0.3 is 15.0 Å². The van der Waals surface area contributed by atoms with Gasteiger partial charge in [0.1, 0.15) is 5.60 Å². The fourth-order valence-corrected chi connectivity index (χ4v) is 2.26. The van der Waals surface area contributed by atoms with Crippen LogP contribution in [-0.4, -0.2) is 36.7 Å². The first-order valence-electron chi connectivity index (χ1n) is 8.49. The highest BCUT2D eigenvalue weighted by atomic mass is 16.6. The zero-order valence-corrected chi connectivity index (χ0v) is 15.5. The Morgan fingerprint density at radius 2 is 1.87 bits per heavy atom. The first kappa shape index (κ1) is 19.5. The van der Waals surface area contributed by atoms with Crippen LogP contribution in [0.2, 0.25) is 0 Å².